The maximum absolute atomic E-state index is 13.4. The van der Waals surface area contributed by atoms with Gasteiger partial charge in [0.05, 0.1) is 62.7 Å². The molecule has 344 valence electrons. The summed E-state index contributed by atoms with van der Waals surface area (Å²) in [7, 11) is 2.40. The van der Waals surface area contributed by atoms with Crippen LogP contribution < -0.4 is 0 Å². The van der Waals surface area contributed by atoms with E-state index in [2.05, 4.69) is 0 Å². The van der Waals surface area contributed by atoms with Gasteiger partial charge in [-0.25, -0.2) is 9.59 Å². The highest BCUT2D eigenvalue weighted by Gasteiger charge is 2.59. The maximum atomic E-state index is 13.4. The first-order valence-corrected chi connectivity index (χ1v) is 20.9. The van der Waals surface area contributed by atoms with Crippen LogP contribution in [0, 0.1) is 16.7 Å². The summed E-state index contributed by atoms with van der Waals surface area (Å²) in [6.45, 7) is 12.9. The van der Waals surface area contributed by atoms with Crippen molar-refractivity contribution >= 4 is 29.8 Å². The molecule has 0 aliphatic carbocycles. The molecule has 0 spiro atoms. The van der Waals surface area contributed by atoms with Crippen molar-refractivity contribution in [2.75, 3.05) is 14.2 Å². The van der Waals surface area contributed by atoms with Crippen molar-refractivity contribution in [3.63, 3.8) is 0 Å². The molecule has 4 N–H and O–H groups in total. The summed E-state index contributed by atoms with van der Waals surface area (Å²) >= 11 is 0. The molecule has 0 radical (unpaired) electrons. The van der Waals surface area contributed by atoms with Gasteiger partial charge in [0.25, 0.3) is 0 Å². The van der Waals surface area contributed by atoms with E-state index in [4.69, 9.17) is 37.9 Å². The van der Waals surface area contributed by atoms with Crippen LogP contribution in [0.25, 0.3) is 0 Å². The monoisotopic (exact) mass is 866 g/mol. The fraction of sp³-hybridized carbons (Fsp3) is 0.750. The van der Waals surface area contributed by atoms with Crippen molar-refractivity contribution in [3.8, 4) is 0 Å². The lowest BCUT2D eigenvalue weighted by Crippen LogP contribution is -2.62. The van der Waals surface area contributed by atoms with Gasteiger partial charge in [-0.15, -0.1) is 0 Å². The zero-order chi connectivity index (χ0) is 45.7. The summed E-state index contributed by atoms with van der Waals surface area (Å²) in [5.41, 5.74) is -1.98. The Hall–Kier alpha value is -3.71. The molecule has 17 heteroatoms. The van der Waals surface area contributed by atoms with Gasteiger partial charge >= 0.3 is 29.8 Å². The van der Waals surface area contributed by atoms with E-state index in [0.717, 1.165) is 20.1 Å². The molecule has 3 unspecified atom stereocenters. The van der Waals surface area contributed by atoms with Crippen molar-refractivity contribution < 1.29 is 82.3 Å². The minimum atomic E-state index is -2.41. The van der Waals surface area contributed by atoms with Gasteiger partial charge in [-0.05, 0) is 37.7 Å². The summed E-state index contributed by atoms with van der Waals surface area (Å²) in [4.78, 5) is 64.3. The minimum Gasteiger partial charge on any atom is -0.466 e. The van der Waals surface area contributed by atoms with Gasteiger partial charge in [-0.1, -0.05) is 59.3 Å². The third kappa shape index (κ3) is 12.5. The number of esters is 5. The molecule has 4 aliphatic rings. The third-order valence-corrected chi connectivity index (χ3v) is 12.0. The lowest BCUT2D eigenvalue weighted by Gasteiger charge is -2.54. The van der Waals surface area contributed by atoms with E-state index in [1.54, 1.807) is 39.8 Å². The van der Waals surface area contributed by atoms with Crippen LogP contribution in [0.5, 0.6) is 0 Å². The number of rotatable bonds is 7. The van der Waals surface area contributed by atoms with Gasteiger partial charge in [0, 0.05) is 56.6 Å². The predicted molar refractivity (Wildman–Crippen MR) is 215 cm³/mol. The second-order valence-electron chi connectivity index (χ2n) is 18.3. The Labute approximate surface area is 357 Å². The highest BCUT2D eigenvalue weighted by Crippen LogP contribution is 2.50. The summed E-state index contributed by atoms with van der Waals surface area (Å²) < 4.78 is 46.5. The second-order valence-corrected chi connectivity index (χ2v) is 18.3. The molecule has 0 aromatic rings. The molecule has 4 rings (SSSR count). The highest BCUT2D eigenvalue weighted by molar-refractivity contribution is 5.83. The van der Waals surface area contributed by atoms with Gasteiger partial charge in [0.1, 0.15) is 12.2 Å². The van der Waals surface area contributed by atoms with Crippen molar-refractivity contribution in [1.82, 2.24) is 0 Å². The Morgan fingerprint density at radius 1 is 0.869 bits per heavy atom. The Kier molecular flexibility index (Phi) is 16.5. The van der Waals surface area contributed by atoms with Crippen molar-refractivity contribution in [3.05, 3.63) is 35.5 Å². The molecule has 3 fully saturated rings. The summed E-state index contributed by atoms with van der Waals surface area (Å²) in [6.07, 6.45) is -4.92. The third-order valence-electron chi connectivity index (χ3n) is 12.0. The van der Waals surface area contributed by atoms with Crippen LogP contribution in [0.1, 0.15) is 113 Å². The van der Waals surface area contributed by atoms with Crippen LogP contribution in [-0.2, 0) is 61.9 Å². The molecule has 0 aromatic heterocycles. The van der Waals surface area contributed by atoms with Crippen molar-refractivity contribution in [1.29, 1.82) is 0 Å². The van der Waals surface area contributed by atoms with E-state index in [9.17, 15) is 44.4 Å². The molecule has 4 aliphatic heterocycles. The van der Waals surface area contributed by atoms with E-state index < -0.39 is 114 Å². The van der Waals surface area contributed by atoms with Gasteiger partial charge in [0.2, 0.25) is 5.79 Å². The first-order valence-electron chi connectivity index (χ1n) is 20.9. The molecule has 0 amide bonds. The van der Waals surface area contributed by atoms with Crippen LogP contribution in [0.3, 0.4) is 0 Å². The molecule has 0 saturated carbocycles. The number of methoxy groups -OCH3 is 2. The maximum Gasteiger partial charge on any atom is 0.330 e. The molecular weight excluding hydrogens is 800 g/mol. The number of hydrogen-bond donors (Lipinski definition) is 4. The molecule has 11 atom stereocenters. The number of hydrogen-bond acceptors (Lipinski definition) is 17. The standard InChI is InChI=1S/C44H66O17/c1-24(2)13-38(50)59-35-22-32-19-29(47)20-39(51)58-34(25(3)45)21-31-17-28(18-37(49)55-10)40(56-26(4)46)44(53,61-31)41(5,6)12-11-30-14-27(16-36(48)54-9)15-33(57-30)23-43(52,60-32)42(35,7)8/h11-12,16,18,24-25,29-35,40,45,47,52-53H,13-15,17,19-23H2,1-10H3/b12-11+,27-16+,28-18+/t25-,29-,30+,31?,32-,33+,34-,35+,40?,43+,44?/m1/s1. The Bertz CT molecular complexity index is 1700. The van der Waals surface area contributed by atoms with Crippen LogP contribution >= 0.6 is 0 Å². The average molecular weight is 867 g/mol. The highest BCUT2D eigenvalue weighted by atomic mass is 16.7. The van der Waals surface area contributed by atoms with E-state index in [0.29, 0.717) is 5.57 Å². The molecular formula is C44H66O17. The average Bonchev–Trinajstić information content (AvgIpc) is 3.13. The molecule has 0 aromatic carbocycles. The van der Waals surface area contributed by atoms with Gasteiger partial charge in [0.15, 0.2) is 11.9 Å². The fourth-order valence-corrected chi connectivity index (χ4v) is 8.45. The van der Waals surface area contributed by atoms with Gasteiger partial charge in [-0.3, -0.25) is 14.4 Å². The quantitative estimate of drug-likeness (QED) is 0.124. The number of cyclic esters (lactones) is 1. The number of aliphatic hydroxyl groups excluding tert-OH is 2. The first kappa shape index (κ1) is 49.9. The second kappa shape index (κ2) is 20.2. The van der Waals surface area contributed by atoms with Crippen molar-refractivity contribution in [2.45, 2.75) is 180 Å². The van der Waals surface area contributed by atoms with Crippen LogP contribution in [0.15, 0.2) is 35.5 Å². The summed E-state index contributed by atoms with van der Waals surface area (Å²) in [6, 6.07) is 0. The first-order chi connectivity index (χ1) is 28.3. The lowest BCUT2D eigenvalue weighted by atomic mass is 9.70. The number of aliphatic hydroxyl groups is 4. The van der Waals surface area contributed by atoms with E-state index >= 15 is 0 Å². The molecule has 61 heavy (non-hydrogen) atoms. The van der Waals surface area contributed by atoms with Crippen LogP contribution in [0.2, 0.25) is 0 Å². The van der Waals surface area contributed by atoms with Crippen LogP contribution in [0.4, 0.5) is 0 Å². The largest absolute Gasteiger partial charge is 0.466 e. The van der Waals surface area contributed by atoms with E-state index in [1.165, 1.54) is 20.1 Å². The Balaban J connectivity index is 1.87. The van der Waals surface area contributed by atoms with Gasteiger partial charge in [-0.2, -0.15) is 0 Å². The molecule has 3 saturated heterocycles. The predicted octanol–water partition coefficient (Wildman–Crippen LogP) is 3.41. The zero-order valence-corrected chi connectivity index (χ0v) is 37.0. The number of carbonyl (C=O) groups is 5. The molecule has 6 bridgehead atoms. The lowest BCUT2D eigenvalue weighted by molar-refractivity contribution is -0.349. The van der Waals surface area contributed by atoms with E-state index in [1.807, 2.05) is 13.8 Å². The SMILES string of the molecule is COC(=O)/C=C1/C[C@H]2C[C@]3(O)O[C@H](C[C@@H](O)CC(=O)O[C@@H]([C@@H](C)O)CC4C/C(=C\C(=O)OC)C(OC(C)=O)C(O)(O4)C(C)(C)/C=C/[C@@H](C1)O2)C[C@H](OC(=O)CC(C)C)C3(C)C. The Morgan fingerprint density at radius 3 is 2.13 bits per heavy atom. The number of fused-ring (bicyclic) bond motifs is 6. The fourth-order valence-electron chi connectivity index (χ4n) is 8.45. The summed E-state index contributed by atoms with van der Waals surface area (Å²) in [5.74, 6) is -8.04. The minimum absolute atomic E-state index is 0.00726. The topological polar surface area (TPSA) is 240 Å². The normalized spacial score (nSPS) is 36.8. The van der Waals surface area contributed by atoms with E-state index in [-0.39, 0.29) is 62.9 Å². The smallest absolute Gasteiger partial charge is 0.330 e. The zero-order valence-electron chi connectivity index (χ0n) is 37.0. The number of ether oxygens (including phenoxy) is 8. The van der Waals surface area contributed by atoms with Crippen molar-refractivity contribution in [2.24, 2.45) is 16.7 Å². The molecule has 4 heterocycles. The van der Waals surface area contributed by atoms with Gasteiger partial charge < -0.3 is 58.3 Å². The molecule has 17 nitrogen and oxygen atoms in total. The summed E-state index contributed by atoms with van der Waals surface area (Å²) in [5, 5.41) is 47.4. The van der Waals surface area contributed by atoms with Crippen LogP contribution in [-0.4, -0.2) is 131 Å². The Morgan fingerprint density at radius 2 is 1.52 bits per heavy atom. The number of carbonyl (C=O) groups excluding carboxylic acids is 5.